The number of hydrogen-bond donors (Lipinski definition) is 1. The van der Waals surface area contributed by atoms with Crippen molar-refractivity contribution >= 4 is 15.9 Å². The molecule has 2 aromatic carbocycles. The second-order valence-corrected chi connectivity index (χ2v) is 5.78. The van der Waals surface area contributed by atoms with Gasteiger partial charge in [-0.2, -0.15) is 0 Å². The van der Waals surface area contributed by atoms with Crippen LogP contribution in [-0.2, 0) is 0 Å². The molecular weight excluding hydrogens is 314 g/mol. The van der Waals surface area contributed by atoms with Gasteiger partial charge in [-0.3, -0.25) is 0 Å². The molecule has 2 unspecified atom stereocenters. The van der Waals surface area contributed by atoms with Crippen molar-refractivity contribution in [3.05, 3.63) is 64.1 Å². The molecule has 20 heavy (non-hydrogen) atoms. The maximum absolute atomic E-state index is 6.17. The highest BCUT2D eigenvalue weighted by molar-refractivity contribution is 9.10. The topological polar surface area (TPSA) is 21.3 Å². The van der Waals surface area contributed by atoms with Gasteiger partial charge in [0.05, 0.1) is 0 Å². The summed E-state index contributed by atoms with van der Waals surface area (Å²) in [4.78, 5) is 0. The first-order valence-corrected chi connectivity index (χ1v) is 7.59. The van der Waals surface area contributed by atoms with Crippen LogP contribution < -0.4 is 10.1 Å². The van der Waals surface area contributed by atoms with Gasteiger partial charge < -0.3 is 10.1 Å². The van der Waals surface area contributed by atoms with E-state index in [0.717, 1.165) is 10.2 Å². The van der Waals surface area contributed by atoms with Crippen LogP contribution in [0.15, 0.2) is 53.0 Å². The van der Waals surface area contributed by atoms with Crippen LogP contribution in [0.1, 0.15) is 37.1 Å². The Morgan fingerprint density at radius 3 is 2.40 bits per heavy atom. The predicted octanol–water partition coefficient (Wildman–Crippen LogP) is 4.87. The first-order chi connectivity index (χ1) is 9.61. The molecule has 1 N–H and O–H groups in total. The van der Waals surface area contributed by atoms with E-state index >= 15 is 0 Å². The number of nitrogens with one attached hydrogen (secondary N) is 1. The molecule has 0 aromatic heterocycles. The smallest absolute Gasteiger partial charge is 0.126 e. The number of hydrogen-bond acceptors (Lipinski definition) is 2. The third-order valence-corrected chi connectivity index (χ3v) is 3.94. The molecule has 0 saturated heterocycles. The van der Waals surface area contributed by atoms with Gasteiger partial charge in [0, 0.05) is 16.1 Å². The molecule has 0 spiro atoms. The van der Waals surface area contributed by atoms with Crippen LogP contribution in [0.3, 0.4) is 0 Å². The van der Waals surface area contributed by atoms with Crippen LogP contribution in [0.2, 0.25) is 0 Å². The van der Waals surface area contributed by atoms with Gasteiger partial charge in [0.1, 0.15) is 11.9 Å². The Hall–Kier alpha value is -1.32. The highest BCUT2D eigenvalue weighted by Gasteiger charge is 2.14. The predicted molar refractivity (Wildman–Crippen MR) is 87.1 cm³/mol. The van der Waals surface area contributed by atoms with Crippen LogP contribution in [0, 0.1) is 0 Å². The molecule has 0 amide bonds. The molecule has 3 heteroatoms. The van der Waals surface area contributed by atoms with Crippen molar-refractivity contribution in [1.29, 1.82) is 0 Å². The molecule has 0 radical (unpaired) electrons. The third kappa shape index (κ3) is 3.62. The average molecular weight is 334 g/mol. The maximum atomic E-state index is 6.17. The summed E-state index contributed by atoms with van der Waals surface area (Å²) in [5.41, 5.74) is 2.34. The fraction of sp³-hybridized carbons (Fsp3) is 0.294. The highest BCUT2D eigenvalue weighted by atomic mass is 79.9. The summed E-state index contributed by atoms with van der Waals surface area (Å²) < 4.78 is 7.19. The lowest BCUT2D eigenvalue weighted by Crippen LogP contribution is -2.14. The minimum atomic E-state index is 0.0216. The second-order valence-electron chi connectivity index (χ2n) is 4.86. The van der Waals surface area contributed by atoms with Gasteiger partial charge in [0.2, 0.25) is 0 Å². The fourth-order valence-electron chi connectivity index (χ4n) is 2.11. The largest absolute Gasteiger partial charge is 0.486 e. The number of rotatable bonds is 5. The van der Waals surface area contributed by atoms with E-state index in [0.29, 0.717) is 0 Å². The molecule has 0 heterocycles. The molecule has 0 saturated carbocycles. The van der Waals surface area contributed by atoms with E-state index in [1.807, 2.05) is 37.4 Å². The molecule has 2 atom stereocenters. The van der Waals surface area contributed by atoms with Crippen LogP contribution >= 0.6 is 15.9 Å². The zero-order valence-corrected chi connectivity index (χ0v) is 13.6. The minimum absolute atomic E-state index is 0.0216. The van der Waals surface area contributed by atoms with E-state index in [4.69, 9.17) is 4.74 Å². The van der Waals surface area contributed by atoms with Crippen LogP contribution in [0.5, 0.6) is 5.75 Å². The zero-order valence-electron chi connectivity index (χ0n) is 12.1. The molecule has 0 aliphatic rings. The van der Waals surface area contributed by atoms with Gasteiger partial charge in [0.25, 0.3) is 0 Å². The van der Waals surface area contributed by atoms with Gasteiger partial charge in [0.15, 0.2) is 0 Å². The van der Waals surface area contributed by atoms with E-state index < -0.39 is 0 Å². The molecule has 106 valence electrons. The van der Waals surface area contributed by atoms with Crippen LogP contribution in [0.25, 0.3) is 0 Å². The average Bonchev–Trinajstić information content (AvgIpc) is 2.47. The first kappa shape index (κ1) is 15.1. The molecule has 0 bridgehead atoms. The fourth-order valence-corrected chi connectivity index (χ4v) is 2.45. The quantitative estimate of drug-likeness (QED) is 0.842. The van der Waals surface area contributed by atoms with Gasteiger partial charge >= 0.3 is 0 Å². The van der Waals surface area contributed by atoms with Crippen molar-refractivity contribution in [1.82, 2.24) is 5.32 Å². The normalized spacial score (nSPS) is 13.8. The van der Waals surface area contributed by atoms with E-state index in [9.17, 15) is 0 Å². The molecule has 0 aliphatic carbocycles. The Balaban J connectivity index is 2.26. The van der Waals surface area contributed by atoms with Crippen LogP contribution in [0.4, 0.5) is 0 Å². The Bertz CT molecular complexity index is 556. The van der Waals surface area contributed by atoms with Crippen molar-refractivity contribution < 1.29 is 4.74 Å². The summed E-state index contributed by atoms with van der Waals surface area (Å²) in [6.07, 6.45) is 0.0216. The standard InChI is InChI=1S/C17H20BrNO/c1-12(19-3)16-10-9-15(18)11-17(16)20-13(2)14-7-5-4-6-8-14/h4-13,19H,1-3H3. The Morgan fingerprint density at radius 2 is 1.75 bits per heavy atom. The van der Waals surface area contributed by atoms with Crippen molar-refractivity contribution in [2.75, 3.05) is 7.05 Å². The highest BCUT2D eigenvalue weighted by Crippen LogP contribution is 2.32. The molecule has 2 nitrogen and oxygen atoms in total. The van der Waals surface area contributed by atoms with Crippen molar-refractivity contribution in [3.8, 4) is 5.75 Å². The summed E-state index contributed by atoms with van der Waals surface area (Å²) in [5.74, 6) is 0.914. The first-order valence-electron chi connectivity index (χ1n) is 6.80. The van der Waals surface area contributed by atoms with Gasteiger partial charge in [-0.15, -0.1) is 0 Å². The zero-order chi connectivity index (χ0) is 14.5. The van der Waals surface area contributed by atoms with E-state index in [1.54, 1.807) is 0 Å². The van der Waals surface area contributed by atoms with Gasteiger partial charge in [-0.1, -0.05) is 52.3 Å². The SMILES string of the molecule is CNC(C)c1ccc(Br)cc1OC(C)c1ccccc1. The molecule has 2 rings (SSSR count). The monoisotopic (exact) mass is 333 g/mol. The lowest BCUT2D eigenvalue weighted by molar-refractivity contribution is 0.223. The maximum Gasteiger partial charge on any atom is 0.126 e. The summed E-state index contributed by atoms with van der Waals surface area (Å²) >= 11 is 3.51. The number of ether oxygens (including phenoxy) is 1. The summed E-state index contributed by atoms with van der Waals surface area (Å²) in [6.45, 7) is 4.20. The summed E-state index contributed by atoms with van der Waals surface area (Å²) in [6, 6.07) is 16.7. The number of benzene rings is 2. The molecule has 0 aliphatic heterocycles. The van der Waals surface area contributed by atoms with Crippen molar-refractivity contribution in [2.45, 2.75) is 26.0 Å². The Kier molecular flexibility index (Phi) is 5.21. The van der Waals surface area contributed by atoms with Crippen LogP contribution in [-0.4, -0.2) is 7.05 Å². The van der Waals surface area contributed by atoms with Gasteiger partial charge in [-0.25, -0.2) is 0 Å². The second kappa shape index (κ2) is 6.91. The van der Waals surface area contributed by atoms with Gasteiger partial charge in [-0.05, 0) is 38.6 Å². The van der Waals surface area contributed by atoms with E-state index in [1.165, 1.54) is 11.1 Å². The lowest BCUT2D eigenvalue weighted by Gasteiger charge is -2.21. The Labute approximate surface area is 129 Å². The van der Waals surface area contributed by atoms with Crippen molar-refractivity contribution in [2.24, 2.45) is 0 Å². The summed E-state index contributed by atoms with van der Waals surface area (Å²) in [7, 11) is 1.96. The molecule has 0 fully saturated rings. The summed E-state index contributed by atoms with van der Waals surface area (Å²) in [5, 5.41) is 3.26. The van der Waals surface area contributed by atoms with E-state index in [2.05, 4.69) is 53.3 Å². The Morgan fingerprint density at radius 1 is 1.05 bits per heavy atom. The molecular formula is C17H20BrNO. The minimum Gasteiger partial charge on any atom is -0.486 e. The third-order valence-electron chi connectivity index (χ3n) is 3.45. The van der Waals surface area contributed by atoms with Crippen molar-refractivity contribution in [3.63, 3.8) is 0 Å². The lowest BCUT2D eigenvalue weighted by atomic mass is 10.1. The van der Waals surface area contributed by atoms with E-state index in [-0.39, 0.29) is 12.1 Å². The number of halogens is 1. The molecule has 2 aromatic rings.